The summed E-state index contributed by atoms with van der Waals surface area (Å²) >= 11 is 0. The average Bonchev–Trinajstić information content (AvgIpc) is 3.25. The van der Waals surface area contributed by atoms with Crippen LogP contribution in [0.15, 0.2) is 0 Å². The second kappa shape index (κ2) is 9.14. The Balaban J connectivity index is 1.96. The molecule has 210 valence electrons. The Kier molecular flexibility index (Phi) is 7.55. The molecule has 0 aromatic carbocycles. The van der Waals surface area contributed by atoms with E-state index in [-0.39, 0.29) is 5.04 Å². The maximum atomic E-state index is 13.3. The summed E-state index contributed by atoms with van der Waals surface area (Å²) in [5.74, 6) is -3.24. The molecule has 0 amide bonds. The molecule has 6 atom stereocenters. The number of ether oxygens (including phenoxy) is 5. The SMILES string of the molecule is CC1(C)O[C@H]([C@H]2OC(=O)[C@@H]3OC(C)(C)O[C@H]23)[C@@H]([C@@H](CO[Si](C)(C)C(C)(C)C)OS(=O)(=O)C(F)(F)F)O1. The number of hydrogen-bond acceptors (Lipinski definition) is 10. The van der Waals surface area contributed by atoms with Gasteiger partial charge in [0.1, 0.15) is 24.4 Å². The molecule has 0 bridgehead atoms. The Bertz CT molecular complexity index is 960. The van der Waals surface area contributed by atoms with Crippen molar-refractivity contribution >= 4 is 24.4 Å². The van der Waals surface area contributed by atoms with Gasteiger partial charge in [-0.1, -0.05) is 20.8 Å². The summed E-state index contributed by atoms with van der Waals surface area (Å²) in [6.45, 7) is 15.1. The van der Waals surface area contributed by atoms with Crippen LogP contribution < -0.4 is 0 Å². The molecule has 36 heavy (non-hydrogen) atoms. The van der Waals surface area contributed by atoms with Crippen molar-refractivity contribution in [3.8, 4) is 0 Å². The van der Waals surface area contributed by atoms with Crippen LogP contribution in [0.3, 0.4) is 0 Å². The fraction of sp³-hybridized carbons (Fsp3) is 0.952. The maximum Gasteiger partial charge on any atom is 0.523 e. The molecule has 10 nitrogen and oxygen atoms in total. The van der Waals surface area contributed by atoms with Gasteiger partial charge in [-0.15, -0.1) is 0 Å². The Labute approximate surface area is 210 Å². The summed E-state index contributed by atoms with van der Waals surface area (Å²) < 4.78 is 103. The minimum absolute atomic E-state index is 0.332. The van der Waals surface area contributed by atoms with E-state index in [1.807, 2.05) is 33.9 Å². The van der Waals surface area contributed by atoms with Crippen molar-refractivity contribution in [1.82, 2.24) is 0 Å². The highest BCUT2D eigenvalue weighted by molar-refractivity contribution is 7.87. The highest BCUT2D eigenvalue weighted by Crippen LogP contribution is 2.44. The van der Waals surface area contributed by atoms with Crippen molar-refractivity contribution in [2.75, 3.05) is 6.61 Å². The molecule has 0 aromatic heterocycles. The van der Waals surface area contributed by atoms with Crippen molar-refractivity contribution in [2.24, 2.45) is 0 Å². The molecule has 3 rings (SSSR count). The number of fused-ring (bicyclic) bond motifs is 1. The first kappa shape index (κ1) is 29.7. The monoisotopic (exact) mass is 564 g/mol. The molecule has 0 unspecified atom stereocenters. The fourth-order valence-corrected chi connectivity index (χ4v) is 5.61. The molecule has 3 aliphatic rings. The van der Waals surface area contributed by atoms with E-state index in [0.717, 1.165) is 0 Å². The van der Waals surface area contributed by atoms with Gasteiger partial charge >= 0.3 is 21.6 Å². The van der Waals surface area contributed by atoms with Gasteiger partial charge in [-0.25, -0.2) is 4.79 Å². The summed E-state index contributed by atoms with van der Waals surface area (Å²) in [6.07, 6.45) is -7.65. The molecule has 0 N–H and O–H groups in total. The molecule has 3 aliphatic heterocycles. The largest absolute Gasteiger partial charge is 0.523 e. The molecule has 3 fully saturated rings. The van der Waals surface area contributed by atoms with Crippen LogP contribution >= 0.6 is 0 Å². The second-order valence-electron chi connectivity index (χ2n) is 11.6. The number of hydrogen-bond donors (Lipinski definition) is 0. The van der Waals surface area contributed by atoms with Crippen molar-refractivity contribution in [1.29, 1.82) is 0 Å². The van der Waals surface area contributed by atoms with Crippen LogP contribution in [0.2, 0.25) is 18.1 Å². The zero-order chi connectivity index (χ0) is 27.7. The van der Waals surface area contributed by atoms with Gasteiger partial charge < -0.3 is 28.1 Å². The van der Waals surface area contributed by atoms with Gasteiger partial charge in [0.05, 0.1) is 6.61 Å². The van der Waals surface area contributed by atoms with Crippen molar-refractivity contribution in [3.63, 3.8) is 0 Å². The standard InChI is InChI=1S/C21H35F3O10SSi/c1-18(2,3)36(8,9)28-10-11(34-35(26,27)21(22,23)24)12-14(31-19(4,5)30-12)13-15-16(17(25)29-13)33-20(6,7)32-15/h11-16H,10H2,1-9H3/t11-,12-,13-,14+,15-,16-/m1/s1. The molecule has 0 spiro atoms. The molecule has 0 aliphatic carbocycles. The zero-order valence-electron chi connectivity index (χ0n) is 21.8. The molecule has 3 saturated heterocycles. The summed E-state index contributed by atoms with van der Waals surface area (Å²) in [7, 11) is -8.60. The first-order valence-corrected chi connectivity index (χ1v) is 15.8. The predicted octanol–water partition coefficient (Wildman–Crippen LogP) is 3.21. The Morgan fingerprint density at radius 3 is 2.00 bits per heavy atom. The smallest absolute Gasteiger partial charge is 0.455 e. The lowest BCUT2D eigenvalue weighted by atomic mass is 9.98. The zero-order valence-corrected chi connectivity index (χ0v) is 23.6. The van der Waals surface area contributed by atoms with Gasteiger partial charge in [-0.3, -0.25) is 4.18 Å². The third-order valence-corrected chi connectivity index (χ3v) is 12.3. The number of carbonyl (C=O) groups is 1. The maximum absolute atomic E-state index is 13.3. The number of alkyl halides is 3. The minimum atomic E-state index is -6.03. The van der Waals surface area contributed by atoms with Gasteiger partial charge in [0.25, 0.3) is 0 Å². The lowest BCUT2D eigenvalue weighted by molar-refractivity contribution is -0.201. The normalized spacial score (nSPS) is 33.4. The molecule has 15 heteroatoms. The Hall–Kier alpha value is -0.813. The van der Waals surface area contributed by atoms with E-state index in [1.54, 1.807) is 13.8 Å². The van der Waals surface area contributed by atoms with Gasteiger partial charge in [-0.2, -0.15) is 21.6 Å². The number of rotatable bonds is 7. The number of carbonyl (C=O) groups excluding carboxylic acids is 1. The lowest BCUT2D eigenvalue weighted by Gasteiger charge is -2.38. The summed E-state index contributed by atoms with van der Waals surface area (Å²) in [5, 5.41) is -0.332. The summed E-state index contributed by atoms with van der Waals surface area (Å²) in [5.41, 5.74) is -5.68. The Morgan fingerprint density at radius 1 is 0.944 bits per heavy atom. The third-order valence-electron chi connectivity index (χ3n) is 6.74. The van der Waals surface area contributed by atoms with E-state index in [4.69, 9.17) is 28.1 Å². The predicted molar refractivity (Wildman–Crippen MR) is 121 cm³/mol. The minimum Gasteiger partial charge on any atom is -0.455 e. The van der Waals surface area contributed by atoms with Gasteiger partial charge in [0, 0.05) is 0 Å². The number of esters is 1. The topological polar surface area (TPSA) is 116 Å². The van der Waals surface area contributed by atoms with E-state index in [2.05, 4.69) is 4.18 Å². The van der Waals surface area contributed by atoms with Crippen LogP contribution in [0, 0.1) is 0 Å². The second-order valence-corrected chi connectivity index (χ2v) is 18.0. The number of halogens is 3. The first-order chi connectivity index (χ1) is 16.0. The van der Waals surface area contributed by atoms with Crippen molar-refractivity contribution < 1.29 is 58.7 Å². The molecule has 0 saturated carbocycles. The molecular formula is C21H35F3O10SSi. The molecular weight excluding hydrogens is 529 g/mol. The summed E-state index contributed by atoms with van der Waals surface area (Å²) in [6, 6.07) is 0. The van der Waals surface area contributed by atoms with E-state index in [0.29, 0.717) is 0 Å². The molecule has 0 radical (unpaired) electrons. The van der Waals surface area contributed by atoms with E-state index < -0.39 is 84.7 Å². The van der Waals surface area contributed by atoms with Gasteiger partial charge in [0.15, 0.2) is 32.1 Å². The summed E-state index contributed by atoms with van der Waals surface area (Å²) in [4.78, 5) is 12.5. The van der Waals surface area contributed by atoms with Crippen molar-refractivity contribution in [2.45, 2.75) is 120 Å². The molecule has 0 aromatic rings. The third kappa shape index (κ3) is 5.92. The van der Waals surface area contributed by atoms with Gasteiger partial charge in [-0.05, 0) is 45.8 Å². The van der Waals surface area contributed by atoms with Crippen LogP contribution in [0.4, 0.5) is 13.2 Å². The average molecular weight is 565 g/mol. The van der Waals surface area contributed by atoms with E-state index >= 15 is 0 Å². The van der Waals surface area contributed by atoms with Crippen LogP contribution in [-0.4, -0.2) is 83.0 Å². The van der Waals surface area contributed by atoms with Crippen LogP contribution in [0.25, 0.3) is 0 Å². The quantitative estimate of drug-likeness (QED) is 0.198. The Morgan fingerprint density at radius 2 is 1.47 bits per heavy atom. The van der Waals surface area contributed by atoms with Crippen LogP contribution in [0.5, 0.6) is 0 Å². The fourth-order valence-electron chi connectivity index (χ4n) is 3.99. The lowest BCUT2D eigenvalue weighted by Crippen LogP contribution is -2.52. The van der Waals surface area contributed by atoms with E-state index in [1.165, 1.54) is 13.8 Å². The van der Waals surface area contributed by atoms with E-state index in [9.17, 15) is 26.4 Å². The van der Waals surface area contributed by atoms with Crippen LogP contribution in [-0.2, 0) is 47.2 Å². The highest BCUT2D eigenvalue weighted by atomic mass is 32.2. The number of cyclic esters (lactones) is 1. The highest BCUT2D eigenvalue weighted by Gasteiger charge is 2.63. The van der Waals surface area contributed by atoms with Crippen molar-refractivity contribution in [3.05, 3.63) is 0 Å². The van der Waals surface area contributed by atoms with Gasteiger partial charge in [0.2, 0.25) is 0 Å². The first-order valence-electron chi connectivity index (χ1n) is 11.5. The molecule has 3 heterocycles. The van der Waals surface area contributed by atoms with Crippen LogP contribution in [0.1, 0.15) is 48.5 Å².